The van der Waals surface area contributed by atoms with E-state index in [0.717, 1.165) is 6.07 Å². The first-order chi connectivity index (χ1) is 8.63. The molecule has 5 heteroatoms. The summed E-state index contributed by atoms with van der Waals surface area (Å²) in [6, 6.07) is 5.07. The van der Waals surface area contributed by atoms with E-state index >= 15 is 0 Å². The third-order valence-corrected chi connectivity index (χ3v) is 3.58. The summed E-state index contributed by atoms with van der Waals surface area (Å²) >= 11 is 1.44. The topological polar surface area (TPSA) is 46.2 Å². The molecule has 3 N–H and O–H groups in total. The molecular weight excluding hydrogens is 256 g/mol. The van der Waals surface area contributed by atoms with Crippen molar-refractivity contribution in [2.24, 2.45) is 5.73 Å². The van der Waals surface area contributed by atoms with Gasteiger partial charge in [-0.1, -0.05) is 6.07 Å². The molecule has 2 nitrogen and oxygen atoms in total. The van der Waals surface area contributed by atoms with Crippen molar-refractivity contribution in [2.45, 2.75) is 12.0 Å². The van der Waals surface area contributed by atoms with Crippen LogP contribution in [0.5, 0.6) is 0 Å². The first-order valence-corrected chi connectivity index (χ1v) is 6.43. The second kappa shape index (κ2) is 5.56. The van der Waals surface area contributed by atoms with Gasteiger partial charge in [0.25, 0.3) is 0 Å². The lowest BCUT2D eigenvalue weighted by atomic mass is 9.90. The maximum atomic E-state index is 13.7. The zero-order valence-electron chi connectivity index (χ0n) is 9.51. The number of hydrogen-bond donors (Lipinski definition) is 2. The minimum atomic E-state index is -0.888. The number of thiophene rings is 1. The highest BCUT2D eigenvalue weighted by atomic mass is 32.1. The van der Waals surface area contributed by atoms with Crippen LogP contribution in [0, 0.1) is 11.6 Å². The lowest BCUT2D eigenvalue weighted by Gasteiger charge is -2.21. The van der Waals surface area contributed by atoms with Crippen molar-refractivity contribution in [1.82, 2.24) is 0 Å². The lowest BCUT2D eigenvalue weighted by Crippen LogP contribution is -2.21. The SMILES string of the molecule is NCC(c1ccc(F)cc1F)C(O)c1ccsc1. The van der Waals surface area contributed by atoms with E-state index in [1.807, 2.05) is 5.38 Å². The van der Waals surface area contributed by atoms with E-state index in [4.69, 9.17) is 5.73 Å². The molecule has 2 aromatic rings. The van der Waals surface area contributed by atoms with Gasteiger partial charge in [0.2, 0.25) is 0 Å². The number of aliphatic hydroxyl groups is 1. The number of benzene rings is 1. The van der Waals surface area contributed by atoms with Gasteiger partial charge < -0.3 is 10.8 Å². The first-order valence-electron chi connectivity index (χ1n) is 5.48. The summed E-state index contributed by atoms with van der Waals surface area (Å²) in [5, 5.41) is 13.8. The van der Waals surface area contributed by atoms with Gasteiger partial charge in [-0.3, -0.25) is 0 Å². The minimum Gasteiger partial charge on any atom is -0.388 e. The zero-order chi connectivity index (χ0) is 13.1. The second-order valence-electron chi connectivity index (χ2n) is 4.01. The quantitative estimate of drug-likeness (QED) is 0.896. The largest absolute Gasteiger partial charge is 0.388 e. The van der Waals surface area contributed by atoms with Crippen LogP contribution < -0.4 is 5.73 Å². The number of halogens is 2. The second-order valence-corrected chi connectivity index (χ2v) is 4.79. The number of aliphatic hydroxyl groups excluding tert-OH is 1. The van der Waals surface area contributed by atoms with Gasteiger partial charge in [0.1, 0.15) is 11.6 Å². The Hall–Kier alpha value is -1.30. The average molecular weight is 269 g/mol. The van der Waals surface area contributed by atoms with E-state index in [9.17, 15) is 13.9 Å². The molecule has 0 amide bonds. The zero-order valence-corrected chi connectivity index (χ0v) is 10.3. The molecule has 18 heavy (non-hydrogen) atoms. The highest BCUT2D eigenvalue weighted by Gasteiger charge is 2.24. The van der Waals surface area contributed by atoms with Gasteiger partial charge in [0, 0.05) is 18.5 Å². The molecule has 0 saturated carbocycles. The van der Waals surface area contributed by atoms with Gasteiger partial charge in [-0.05, 0) is 34.0 Å². The predicted molar refractivity (Wildman–Crippen MR) is 67.4 cm³/mol. The monoisotopic (exact) mass is 269 g/mol. The summed E-state index contributed by atoms with van der Waals surface area (Å²) in [6.07, 6.45) is -0.888. The highest BCUT2D eigenvalue weighted by molar-refractivity contribution is 7.07. The van der Waals surface area contributed by atoms with E-state index in [0.29, 0.717) is 5.56 Å². The van der Waals surface area contributed by atoms with E-state index in [-0.39, 0.29) is 12.1 Å². The van der Waals surface area contributed by atoms with E-state index in [1.54, 1.807) is 11.4 Å². The summed E-state index contributed by atoms with van der Waals surface area (Å²) in [5.74, 6) is -1.91. The van der Waals surface area contributed by atoms with Crippen LogP contribution in [0.1, 0.15) is 23.1 Å². The Bertz CT molecular complexity index is 516. The van der Waals surface area contributed by atoms with Crippen molar-refractivity contribution < 1.29 is 13.9 Å². The van der Waals surface area contributed by atoms with Crippen LogP contribution in [0.15, 0.2) is 35.0 Å². The fraction of sp³-hybridized carbons (Fsp3) is 0.231. The summed E-state index contributed by atoms with van der Waals surface area (Å²) in [5.41, 5.74) is 6.53. The maximum absolute atomic E-state index is 13.7. The van der Waals surface area contributed by atoms with E-state index < -0.39 is 23.7 Å². The molecule has 1 aromatic heterocycles. The van der Waals surface area contributed by atoms with Crippen LogP contribution in [0.3, 0.4) is 0 Å². The van der Waals surface area contributed by atoms with Crippen LogP contribution in [-0.4, -0.2) is 11.7 Å². The van der Waals surface area contributed by atoms with Gasteiger partial charge in [-0.25, -0.2) is 8.78 Å². The molecule has 2 rings (SSSR count). The van der Waals surface area contributed by atoms with Crippen molar-refractivity contribution in [3.05, 3.63) is 57.8 Å². The predicted octanol–water partition coefficient (Wildman–Crippen LogP) is 2.80. The van der Waals surface area contributed by atoms with Gasteiger partial charge in [-0.15, -0.1) is 0 Å². The van der Waals surface area contributed by atoms with Gasteiger partial charge in [-0.2, -0.15) is 11.3 Å². The Balaban J connectivity index is 2.33. The van der Waals surface area contributed by atoms with E-state index in [1.165, 1.54) is 23.5 Å². The van der Waals surface area contributed by atoms with Crippen LogP contribution in [-0.2, 0) is 0 Å². The van der Waals surface area contributed by atoms with Crippen LogP contribution >= 0.6 is 11.3 Å². The van der Waals surface area contributed by atoms with Crippen molar-refractivity contribution in [1.29, 1.82) is 0 Å². The number of rotatable bonds is 4. The smallest absolute Gasteiger partial charge is 0.129 e. The average Bonchev–Trinajstić information content (AvgIpc) is 2.86. The Labute approximate surface area is 108 Å². The maximum Gasteiger partial charge on any atom is 0.129 e. The summed E-state index contributed by atoms with van der Waals surface area (Å²) in [6.45, 7) is 0.0829. The Morgan fingerprint density at radius 3 is 2.61 bits per heavy atom. The van der Waals surface area contributed by atoms with Crippen molar-refractivity contribution in [3.8, 4) is 0 Å². The number of nitrogens with two attached hydrogens (primary N) is 1. The summed E-state index contributed by atoms with van der Waals surface area (Å²) in [7, 11) is 0. The summed E-state index contributed by atoms with van der Waals surface area (Å²) in [4.78, 5) is 0. The Morgan fingerprint density at radius 2 is 2.06 bits per heavy atom. The molecule has 0 bridgehead atoms. The molecule has 0 aliphatic rings. The Morgan fingerprint density at radius 1 is 1.28 bits per heavy atom. The molecular formula is C13H13F2NOS. The molecule has 96 valence electrons. The van der Waals surface area contributed by atoms with Crippen molar-refractivity contribution in [3.63, 3.8) is 0 Å². The number of hydrogen-bond acceptors (Lipinski definition) is 3. The third-order valence-electron chi connectivity index (χ3n) is 2.88. The van der Waals surface area contributed by atoms with Gasteiger partial charge in [0.15, 0.2) is 0 Å². The molecule has 2 atom stereocenters. The third kappa shape index (κ3) is 2.58. The molecule has 2 unspecified atom stereocenters. The van der Waals surface area contributed by atoms with Crippen LogP contribution in [0.2, 0.25) is 0 Å². The molecule has 0 saturated heterocycles. The van der Waals surface area contributed by atoms with Crippen molar-refractivity contribution >= 4 is 11.3 Å². The molecule has 1 aromatic carbocycles. The fourth-order valence-electron chi connectivity index (χ4n) is 1.90. The first kappa shape index (κ1) is 13.1. The normalized spacial score (nSPS) is 14.4. The molecule has 0 aliphatic heterocycles. The van der Waals surface area contributed by atoms with E-state index in [2.05, 4.69) is 0 Å². The fourth-order valence-corrected chi connectivity index (χ4v) is 2.59. The minimum absolute atomic E-state index is 0.0829. The van der Waals surface area contributed by atoms with Crippen molar-refractivity contribution in [2.75, 3.05) is 6.54 Å². The van der Waals surface area contributed by atoms with Gasteiger partial charge >= 0.3 is 0 Å². The molecule has 0 spiro atoms. The van der Waals surface area contributed by atoms with Crippen LogP contribution in [0.4, 0.5) is 8.78 Å². The molecule has 0 fully saturated rings. The molecule has 1 heterocycles. The van der Waals surface area contributed by atoms with Gasteiger partial charge in [0.05, 0.1) is 6.10 Å². The highest BCUT2D eigenvalue weighted by Crippen LogP contribution is 2.32. The molecule has 0 radical (unpaired) electrons. The molecule has 0 aliphatic carbocycles. The van der Waals surface area contributed by atoms with Crippen LogP contribution in [0.25, 0.3) is 0 Å². The standard InChI is InChI=1S/C13H13F2NOS/c14-9-1-2-10(12(15)5-9)11(6-16)13(17)8-3-4-18-7-8/h1-5,7,11,13,17H,6,16H2. The Kier molecular flexibility index (Phi) is 4.06. The summed E-state index contributed by atoms with van der Waals surface area (Å²) < 4.78 is 26.5. The lowest BCUT2D eigenvalue weighted by molar-refractivity contribution is 0.146.